The lowest BCUT2D eigenvalue weighted by molar-refractivity contribution is -0.126. The van der Waals surface area contributed by atoms with Crippen LogP contribution in [0.2, 0.25) is 0 Å². The number of ether oxygens (including phenoxy) is 2. The van der Waals surface area contributed by atoms with Gasteiger partial charge in [0.2, 0.25) is 5.91 Å². The summed E-state index contributed by atoms with van der Waals surface area (Å²) in [5.41, 5.74) is 1.07. The standard InChI is InChI=1S/C23H27NO4/c1-15-13-18(15)20-10-7-17(28-20)8-11-23(25)24-12-4-5-19(24)16-6-9-21(26-2)22(14-16)27-3/h6-11,14-15,18-19H,4-5,12-13H2,1-3H3/b11-8+. The van der Waals surface area contributed by atoms with Crippen molar-refractivity contribution in [3.8, 4) is 11.5 Å². The summed E-state index contributed by atoms with van der Waals surface area (Å²) in [5.74, 6) is 4.42. The molecule has 2 fully saturated rings. The molecule has 1 aromatic carbocycles. The molecule has 2 heterocycles. The largest absolute Gasteiger partial charge is 0.493 e. The molecule has 4 rings (SSSR count). The number of benzene rings is 1. The molecule has 1 aliphatic carbocycles. The highest BCUT2D eigenvalue weighted by atomic mass is 16.5. The van der Waals surface area contributed by atoms with Gasteiger partial charge in [0.15, 0.2) is 11.5 Å². The first-order valence-corrected chi connectivity index (χ1v) is 9.91. The number of furan rings is 1. The van der Waals surface area contributed by atoms with Crippen molar-refractivity contribution in [2.24, 2.45) is 5.92 Å². The highest BCUT2D eigenvalue weighted by Gasteiger charge is 2.36. The van der Waals surface area contributed by atoms with Crippen LogP contribution in [0.1, 0.15) is 55.2 Å². The van der Waals surface area contributed by atoms with Crippen LogP contribution in [0.3, 0.4) is 0 Å². The molecule has 148 valence electrons. The number of hydrogen-bond acceptors (Lipinski definition) is 4. The smallest absolute Gasteiger partial charge is 0.247 e. The lowest BCUT2D eigenvalue weighted by Gasteiger charge is -2.24. The van der Waals surface area contributed by atoms with Gasteiger partial charge in [0, 0.05) is 18.5 Å². The van der Waals surface area contributed by atoms with Crippen LogP contribution < -0.4 is 9.47 Å². The second-order valence-electron chi connectivity index (χ2n) is 7.70. The zero-order valence-corrected chi connectivity index (χ0v) is 16.7. The van der Waals surface area contributed by atoms with Crippen molar-refractivity contribution < 1.29 is 18.7 Å². The third-order valence-corrected chi connectivity index (χ3v) is 5.84. The van der Waals surface area contributed by atoms with Gasteiger partial charge in [-0.25, -0.2) is 0 Å². The highest BCUT2D eigenvalue weighted by molar-refractivity contribution is 5.92. The van der Waals surface area contributed by atoms with Crippen LogP contribution >= 0.6 is 0 Å². The Bertz CT molecular complexity index is 884. The Morgan fingerprint density at radius 2 is 1.96 bits per heavy atom. The van der Waals surface area contributed by atoms with Gasteiger partial charge < -0.3 is 18.8 Å². The fourth-order valence-corrected chi connectivity index (χ4v) is 4.06. The van der Waals surface area contributed by atoms with Crippen molar-refractivity contribution in [1.82, 2.24) is 4.90 Å². The van der Waals surface area contributed by atoms with E-state index in [-0.39, 0.29) is 11.9 Å². The first-order valence-electron chi connectivity index (χ1n) is 9.91. The summed E-state index contributed by atoms with van der Waals surface area (Å²) in [6, 6.07) is 9.90. The Kier molecular flexibility index (Phi) is 5.16. The highest BCUT2D eigenvalue weighted by Crippen LogP contribution is 2.47. The third kappa shape index (κ3) is 3.66. The van der Waals surface area contributed by atoms with Crippen LogP contribution in [0.5, 0.6) is 11.5 Å². The second-order valence-corrected chi connectivity index (χ2v) is 7.70. The van der Waals surface area contributed by atoms with Gasteiger partial charge in [-0.2, -0.15) is 0 Å². The molecule has 5 heteroatoms. The number of carbonyl (C=O) groups excluding carboxylic acids is 1. The predicted octanol–water partition coefficient (Wildman–Crippen LogP) is 4.80. The lowest BCUT2D eigenvalue weighted by Crippen LogP contribution is -2.28. The molecule has 1 aliphatic heterocycles. The number of rotatable bonds is 6. The zero-order valence-electron chi connectivity index (χ0n) is 16.7. The SMILES string of the molecule is COc1ccc(C2CCCN2C(=O)/C=C/c2ccc(C3CC3C)o2)cc1OC. The normalized spacial score (nSPS) is 24.0. The minimum absolute atomic E-state index is 0.00928. The van der Waals surface area contributed by atoms with Crippen LogP contribution in [-0.4, -0.2) is 31.6 Å². The van der Waals surface area contributed by atoms with Gasteiger partial charge in [-0.3, -0.25) is 4.79 Å². The van der Waals surface area contributed by atoms with E-state index in [2.05, 4.69) is 6.92 Å². The first kappa shape index (κ1) is 18.7. The first-order chi connectivity index (χ1) is 13.6. The number of methoxy groups -OCH3 is 2. The third-order valence-electron chi connectivity index (χ3n) is 5.84. The van der Waals surface area contributed by atoms with E-state index in [1.807, 2.05) is 35.2 Å². The minimum atomic E-state index is 0.00928. The summed E-state index contributed by atoms with van der Waals surface area (Å²) in [4.78, 5) is 14.7. The molecular weight excluding hydrogens is 354 g/mol. The molecule has 0 bridgehead atoms. The summed E-state index contributed by atoms with van der Waals surface area (Å²) >= 11 is 0. The molecule has 0 radical (unpaired) electrons. The number of amides is 1. The molecule has 1 aromatic heterocycles. The second kappa shape index (κ2) is 7.74. The van der Waals surface area contributed by atoms with Crippen LogP contribution in [0.25, 0.3) is 6.08 Å². The van der Waals surface area contributed by atoms with Crippen molar-refractivity contribution in [2.45, 2.75) is 38.1 Å². The molecule has 1 amide bonds. The van der Waals surface area contributed by atoms with Gasteiger partial charge in [0.1, 0.15) is 11.5 Å². The monoisotopic (exact) mass is 381 g/mol. The van der Waals surface area contributed by atoms with E-state index in [1.54, 1.807) is 26.4 Å². The average Bonchev–Trinajstić information content (AvgIpc) is 3.13. The van der Waals surface area contributed by atoms with Crippen molar-refractivity contribution >= 4 is 12.0 Å². The van der Waals surface area contributed by atoms with Crippen LogP contribution in [0, 0.1) is 5.92 Å². The van der Waals surface area contributed by atoms with Crippen LogP contribution in [0.4, 0.5) is 0 Å². The Balaban J connectivity index is 1.47. The molecular formula is C23H27NO4. The molecule has 28 heavy (non-hydrogen) atoms. The molecule has 1 saturated carbocycles. The van der Waals surface area contributed by atoms with E-state index in [9.17, 15) is 4.79 Å². The lowest BCUT2D eigenvalue weighted by atomic mass is 10.0. The molecule has 0 spiro atoms. The molecule has 5 nitrogen and oxygen atoms in total. The van der Waals surface area contributed by atoms with Crippen molar-refractivity contribution in [3.05, 3.63) is 53.5 Å². The van der Waals surface area contributed by atoms with Gasteiger partial charge >= 0.3 is 0 Å². The number of nitrogens with zero attached hydrogens (tertiary/aromatic N) is 1. The minimum Gasteiger partial charge on any atom is -0.493 e. The maximum absolute atomic E-state index is 12.8. The number of likely N-dealkylation sites (tertiary alicyclic amines) is 1. The fraction of sp³-hybridized carbons (Fsp3) is 0.435. The summed E-state index contributed by atoms with van der Waals surface area (Å²) in [6.07, 6.45) is 6.53. The molecule has 3 atom stereocenters. The van der Waals surface area contributed by atoms with E-state index in [4.69, 9.17) is 13.9 Å². The predicted molar refractivity (Wildman–Crippen MR) is 107 cm³/mol. The molecule has 3 unspecified atom stereocenters. The van der Waals surface area contributed by atoms with Crippen molar-refractivity contribution in [1.29, 1.82) is 0 Å². The van der Waals surface area contributed by atoms with Crippen molar-refractivity contribution in [2.75, 3.05) is 20.8 Å². The molecule has 2 aliphatic rings. The van der Waals surface area contributed by atoms with E-state index in [0.29, 0.717) is 23.3 Å². The zero-order chi connectivity index (χ0) is 19.7. The quantitative estimate of drug-likeness (QED) is 0.675. The summed E-state index contributed by atoms with van der Waals surface area (Å²) in [5, 5.41) is 0. The van der Waals surface area contributed by atoms with E-state index >= 15 is 0 Å². The molecule has 0 N–H and O–H groups in total. The maximum atomic E-state index is 12.8. The maximum Gasteiger partial charge on any atom is 0.247 e. The van der Waals surface area contributed by atoms with Gasteiger partial charge in [0.25, 0.3) is 0 Å². The van der Waals surface area contributed by atoms with E-state index < -0.39 is 0 Å². The number of hydrogen-bond donors (Lipinski definition) is 0. The Morgan fingerprint density at radius 3 is 2.68 bits per heavy atom. The average molecular weight is 381 g/mol. The summed E-state index contributed by atoms with van der Waals surface area (Å²) in [6.45, 7) is 2.99. The van der Waals surface area contributed by atoms with Gasteiger partial charge in [-0.1, -0.05) is 13.0 Å². The van der Waals surface area contributed by atoms with Crippen LogP contribution in [0.15, 0.2) is 40.8 Å². The summed E-state index contributed by atoms with van der Waals surface area (Å²) in [7, 11) is 3.25. The van der Waals surface area contributed by atoms with Crippen LogP contribution in [-0.2, 0) is 4.79 Å². The van der Waals surface area contributed by atoms with Gasteiger partial charge in [0.05, 0.1) is 20.3 Å². The van der Waals surface area contributed by atoms with E-state index in [0.717, 1.165) is 36.5 Å². The summed E-state index contributed by atoms with van der Waals surface area (Å²) < 4.78 is 16.6. The molecule has 1 saturated heterocycles. The topological polar surface area (TPSA) is 51.9 Å². The van der Waals surface area contributed by atoms with Gasteiger partial charge in [-0.15, -0.1) is 0 Å². The Hall–Kier alpha value is -2.69. The Labute approximate surface area is 165 Å². The molecule has 2 aromatic rings. The number of carbonyl (C=O) groups is 1. The van der Waals surface area contributed by atoms with Gasteiger partial charge in [-0.05, 0) is 61.1 Å². The fourth-order valence-electron chi connectivity index (χ4n) is 4.06. The van der Waals surface area contributed by atoms with E-state index in [1.165, 1.54) is 6.42 Å². The Morgan fingerprint density at radius 1 is 1.18 bits per heavy atom. The van der Waals surface area contributed by atoms with Crippen molar-refractivity contribution in [3.63, 3.8) is 0 Å².